The lowest BCUT2D eigenvalue weighted by atomic mass is 10.2. The van der Waals surface area contributed by atoms with Gasteiger partial charge in [-0.15, -0.1) is 11.3 Å². The van der Waals surface area contributed by atoms with Crippen LogP contribution in [-0.4, -0.2) is 52.6 Å². The van der Waals surface area contributed by atoms with E-state index in [1.165, 1.54) is 17.7 Å². The lowest BCUT2D eigenvalue weighted by molar-refractivity contribution is 0.0701. The highest BCUT2D eigenvalue weighted by Gasteiger charge is 2.19. The molecule has 1 atom stereocenters. The van der Waals surface area contributed by atoms with Gasteiger partial charge in [0.15, 0.2) is 0 Å². The van der Waals surface area contributed by atoms with E-state index in [0.717, 1.165) is 23.9 Å². The summed E-state index contributed by atoms with van der Waals surface area (Å²) in [6.07, 6.45) is 2.46. The van der Waals surface area contributed by atoms with Gasteiger partial charge in [-0.2, -0.15) is 0 Å². The Labute approximate surface area is 127 Å². The van der Waals surface area contributed by atoms with Crippen LogP contribution < -0.4 is 5.32 Å². The van der Waals surface area contributed by atoms with Gasteiger partial charge in [0.2, 0.25) is 0 Å². The number of anilines is 1. The number of carboxylic acid groups (broad SMARTS) is 1. The third kappa shape index (κ3) is 3.48. The summed E-state index contributed by atoms with van der Waals surface area (Å²) in [4.78, 5) is 22.9. The average molecular weight is 308 g/mol. The van der Waals surface area contributed by atoms with Gasteiger partial charge in [-0.05, 0) is 46.5 Å². The number of aromatic carboxylic acids is 1. The minimum atomic E-state index is -0.915. The van der Waals surface area contributed by atoms with Crippen molar-refractivity contribution in [3.8, 4) is 0 Å². The number of hydrogen-bond donors (Lipinski definition) is 2. The molecule has 0 amide bonds. The minimum absolute atomic E-state index is 0.248. The molecule has 21 heavy (non-hydrogen) atoms. The number of carbonyl (C=O) groups is 1. The summed E-state index contributed by atoms with van der Waals surface area (Å²) in [6, 6.07) is 0.248. The molecule has 114 valence electrons. The summed E-state index contributed by atoms with van der Waals surface area (Å²) in [7, 11) is 4.08. The molecule has 0 fully saturated rings. The zero-order valence-electron chi connectivity index (χ0n) is 12.7. The van der Waals surface area contributed by atoms with E-state index < -0.39 is 5.97 Å². The highest BCUT2D eigenvalue weighted by atomic mass is 32.1. The lowest BCUT2D eigenvalue weighted by Crippen LogP contribution is -2.23. The molecule has 0 spiro atoms. The molecule has 2 heterocycles. The van der Waals surface area contributed by atoms with Gasteiger partial charge < -0.3 is 15.3 Å². The maximum Gasteiger partial charge on any atom is 0.346 e. The standard InChI is InChI=1S/C14H20N4O2S/c1-8(5-6-18(3)4)17-12-10-9(2)11(14(19)20)21-13(10)16-7-15-12/h7-8H,5-6H2,1-4H3,(H,19,20)(H,15,16,17). The maximum atomic E-state index is 11.2. The Bertz CT molecular complexity index is 654. The molecule has 2 N–H and O–H groups in total. The Morgan fingerprint density at radius 3 is 2.81 bits per heavy atom. The van der Waals surface area contributed by atoms with E-state index in [1.54, 1.807) is 6.92 Å². The summed E-state index contributed by atoms with van der Waals surface area (Å²) < 4.78 is 0. The molecule has 0 aliphatic heterocycles. The van der Waals surface area contributed by atoms with Gasteiger partial charge in [-0.25, -0.2) is 14.8 Å². The SMILES string of the molecule is Cc1c(C(=O)O)sc2ncnc(NC(C)CCN(C)C)c12. The highest BCUT2D eigenvalue weighted by molar-refractivity contribution is 7.20. The fraction of sp³-hybridized carbons (Fsp3) is 0.500. The molecule has 0 aliphatic rings. The van der Waals surface area contributed by atoms with Crippen LogP contribution in [0.2, 0.25) is 0 Å². The first-order valence-electron chi connectivity index (χ1n) is 6.78. The fourth-order valence-electron chi connectivity index (χ4n) is 2.14. The van der Waals surface area contributed by atoms with Gasteiger partial charge in [0, 0.05) is 6.04 Å². The second-order valence-corrected chi connectivity index (χ2v) is 6.40. The normalized spacial score (nSPS) is 12.8. The summed E-state index contributed by atoms with van der Waals surface area (Å²) in [6.45, 7) is 4.88. The molecule has 0 bridgehead atoms. The minimum Gasteiger partial charge on any atom is -0.477 e. The Morgan fingerprint density at radius 1 is 1.48 bits per heavy atom. The van der Waals surface area contributed by atoms with Crippen LogP contribution in [0, 0.1) is 6.92 Å². The molecule has 1 unspecified atom stereocenters. The van der Waals surface area contributed by atoms with Gasteiger partial charge in [0.25, 0.3) is 0 Å². The number of rotatable bonds is 6. The van der Waals surface area contributed by atoms with Gasteiger partial charge in [-0.3, -0.25) is 0 Å². The smallest absolute Gasteiger partial charge is 0.346 e. The van der Waals surface area contributed by atoms with Crippen molar-refractivity contribution in [2.45, 2.75) is 26.3 Å². The first-order valence-corrected chi connectivity index (χ1v) is 7.60. The first-order chi connectivity index (χ1) is 9.90. The number of hydrogen-bond acceptors (Lipinski definition) is 6. The van der Waals surface area contributed by atoms with Crippen LogP contribution in [0.1, 0.15) is 28.6 Å². The summed E-state index contributed by atoms with van der Waals surface area (Å²) in [5, 5.41) is 13.4. The van der Waals surface area contributed by atoms with Crippen LogP contribution in [0.3, 0.4) is 0 Å². The highest BCUT2D eigenvalue weighted by Crippen LogP contribution is 2.33. The number of thiophene rings is 1. The zero-order chi connectivity index (χ0) is 15.6. The van der Waals surface area contributed by atoms with E-state index >= 15 is 0 Å². The number of aromatic nitrogens is 2. The second kappa shape index (κ2) is 6.36. The van der Waals surface area contributed by atoms with Crippen LogP contribution in [0.4, 0.5) is 5.82 Å². The topological polar surface area (TPSA) is 78.3 Å². The van der Waals surface area contributed by atoms with Gasteiger partial charge in [0.1, 0.15) is 21.9 Å². The van der Waals surface area contributed by atoms with Crippen molar-refractivity contribution in [2.24, 2.45) is 0 Å². The number of nitrogens with zero attached hydrogens (tertiary/aromatic N) is 3. The van der Waals surface area contributed by atoms with Crippen LogP contribution >= 0.6 is 11.3 Å². The van der Waals surface area contributed by atoms with E-state index in [-0.39, 0.29) is 6.04 Å². The molecule has 0 aromatic carbocycles. The van der Waals surface area contributed by atoms with Crippen molar-refractivity contribution < 1.29 is 9.90 Å². The Hall–Kier alpha value is -1.73. The molecule has 0 aliphatic carbocycles. The monoisotopic (exact) mass is 308 g/mol. The largest absolute Gasteiger partial charge is 0.477 e. The quantitative estimate of drug-likeness (QED) is 0.853. The predicted molar refractivity (Wildman–Crippen MR) is 85.4 cm³/mol. The van der Waals surface area contributed by atoms with Crippen LogP contribution in [0.15, 0.2) is 6.33 Å². The van der Waals surface area contributed by atoms with Crippen LogP contribution in [-0.2, 0) is 0 Å². The van der Waals surface area contributed by atoms with Crippen molar-refractivity contribution >= 4 is 33.3 Å². The molecular formula is C14H20N4O2S. The molecule has 2 aromatic heterocycles. The van der Waals surface area contributed by atoms with E-state index in [1.807, 2.05) is 14.1 Å². The molecular weight excluding hydrogens is 288 g/mol. The molecule has 7 heteroatoms. The van der Waals surface area contributed by atoms with Crippen molar-refractivity contribution in [3.05, 3.63) is 16.8 Å². The van der Waals surface area contributed by atoms with Crippen LogP contribution in [0.5, 0.6) is 0 Å². The van der Waals surface area contributed by atoms with Gasteiger partial charge >= 0.3 is 5.97 Å². The maximum absolute atomic E-state index is 11.2. The van der Waals surface area contributed by atoms with E-state index in [4.69, 9.17) is 0 Å². The van der Waals surface area contributed by atoms with Gasteiger partial charge in [-0.1, -0.05) is 0 Å². The van der Waals surface area contributed by atoms with Crippen molar-refractivity contribution in [1.82, 2.24) is 14.9 Å². The summed E-state index contributed by atoms with van der Waals surface area (Å²) in [5.74, 6) is -0.199. The number of carboxylic acids is 1. The Morgan fingerprint density at radius 2 is 2.19 bits per heavy atom. The summed E-state index contributed by atoms with van der Waals surface area (Å²) in [5.41, 5.74) is 0.727. The number of nitrogens with one attached hydrogen (secondary N) is 1. The first kappa shape index (κ1) is 15.7. The Kier molecular flexibility index (Phi) is 4.74. The van der Waals surface area contributed by atoms with Crippen molar-refractivity contribution in [3.63, 3.8) is 0 Å². The molecule has 2 aromatic rings. The molecule has 6 nitrogen and oxygen atoms in total. The molecule has 2 rings (SSSR count). The predicted octanol–water partition coefficient (Wildman–Crippen LogP) is 2.45. The Balaban J connectivity index is 2.30. The number of aryl methyl sites for hydroxylation is 1. The summed E-state index contributed by atoms with van der Waals surface area (Å²) >= 11 is 1.19. The van der Waals surface area contributed by atoms with Crippen molar-refractivity contribution in [1.29, 1.82) is 0 Å². The van der Waals surface area contributed by atoms with Crippen LogP contribution in [0.25, 0.3) is 10.2 Å². The average Bonchev–Trinajstić information content (AvgIpc) is 2.75. The molecule has 0 radical (unpaired) electrons. The number of fused-ring (bicyclic) bond motifs is 1. The lowest BCUT2D eigenvalue weighted by Gasteiger charge is -2.17. The van der Waals surface area contributed by atoms with Crippen molar-refractivity contribution in [2.75, 3.05) is 26.0 Å². The second-order valence-electron chi connectivity index (χ2n) is 5.40. The van der Waals surface area contributed by atoms with E-state index in [9.17, 15) is 9.90 Å². The molecule has 0 saturated heterocycles. The fourth-order valence-corrected chi connectivity index (χ4v) is 3.13. The third-order valence-corrected chi connectivity index (χ3v) is 4.50. The van der Waals surface area contributed by atoms with Gasteiger partial charge in [0.05, 0.1) is 5.39 Å². The van der Waals surface area contributed by atoms with E-state index in [0.29, 0.717) is 15.5 Å². The zero-order valence-corrected chi connectivity index (χ0v) is 13.5. The van der Waals surface area contributed by atoms with E-state index in [2.05, 4.69) is 27.1 Å². The molecule has 0 saturated carbocycles. The third-order valence-electron chi connectivity index (χ3n) is 3.31.